The minimum atomic E-state index is -3.96. The van der Waals surface area contributed by atoms with Crippen molar-refractivity contribution >= 4 is 25.5 Å². The molecule has 0 unspecified atom stereocenters. The van der Waals surface area contributed by atoms with Gasteiger partial charge < -0.3 is 13.8 Å². The summed E-state index contributed by atoms with van der Waals surface area (Å²) in [6.07, 6.45) is 1.49. The van der Waals surface area contributed by atoms with Crippen molar-refractivity contribution in [2.24, 2.45) is 0 Å². The first kappa shape index (κ1) is 31.9. The van der Waals surface area contributed by atoms with E-state index in [1.807, 2.05) is 13.8 Å². The van der Waals surface area contributed by atoms with Gasteiger partial charge >= 0.3 is 15.3 Å². The average Bonchev–Trinajstić information content (AvgIpc) is 2.73. The fourth-order valence-electron chi connectivity index (χ4n) is 3.59. The summed E-state index contributed by atoms with van der Waals surface area (Å²) in [5.74, 6) is 0. The van der Waals surface area contributed by atoms with E-state index in [1.165, 1.54) is 0 Å². The Morgan fingerprint density at radius 3 is 1.85 bits per heavy atom. The Hall–Kier alpha value is -0.130. The van der Waals surface area contributed by atoms with Crippen molar-refractivity contribution in [2.75, 3.05) is 32.7 Å². The molecule has 0 aromatic rings. The van der Waals surface area contributed by atoms with Crippen LogP contribution in [0.15, 0.2) is 11.4 Å². The Labute approximate surface area is 204 Å². The van der Waals surface area contributed by atoms with Crippen molar-refractivity contribution in [3.05, 3.63) is 11.4 Å². The predicted octanol–water partition coefficient (Wildman–Crippen LogP) is 4.60. The van der Waals surface area contributed by atoms with Crippen LogP contribution in [0.2, 0.25) is 0 Å². The summed E-state index contributed by atoms with van der Waals surface area (Å²) >= 11 is 0. The minimum absolute atomic E-state index is 0.0949. The lowest BCUT2D eigenvalue weighted by Crippen LogP contribution is -2.52. The molecule has 3 atom stereocenters. The van der Waals surface area contributed by atoms with E-state index in [-0.39, 0.29) is 44.3 Å². The second kappa shape index (κ2) is 14.6. The van der Waals surface area contributed by atoms with Crippen LogP contribution >= 0.6 is 15.3 Å². The third kappa shape index (κ3) is 9.73. The lowest BCUT2D eigenvalue weighted by Gasteiger charge is -2.40. The van der Waals surface area contributed by atoms with Crippen LogP contribution in [0.1, 0.15) is 60.8 Å². The Morgan fingerprint density at radius 1 is 0.941 bits per heavy atom. The summed E-state index contributed by atoms with van der Waals surface area (Å²) in [4.78, 5) is 0. The highest BCUT2D eigenvalue weighted by molar-refractivity contribution is 7.86. The van der Waals surface area contributed by atoms with E-state index >= 15 is 0 Å². The van der Waals surface area contributed by atoms with Crippen molar-refractivity contribution in [3.63, 3.8) is 0 Å². The number of rotatable bonds is 17. The van der Waals surface area contributed by atoms with Gasteiger partial charge in [0.1, 0.15) is 6.10 Å². The first-order valence-corrected chi connectivity index (χ1v) is 16.6. The highest BCUT2D eigenvalue weighted by Crippen LogP contribution is 2.59. The zero-order valence-electron chi connectivity index (χ0n) is 21.2. The second-order valence-corrected chi connectivity index (χ2v) is 13.0. The molecule has 0 bridgehead atoms. The largest absolute Gasteiger partial charge is 0.405 e. The number of ether oxygens (including phenoxy) is 1. The van der Waals surface area contributed by atoms with Gasteiger partial charge in [-0.3, -0.25) is 17.8 Å². The molecule has 0 radical (unpaired) electrons. The number of hydrogen-bond donors (Lipinski definition) is 1. The van der Waals surface area contributed by atoms with Crippen molar-refractivity contribution < 1.29 is 44.6 Å². The van der Waals surface area contributed by atoms with Crippen LogP contribution in [0.5, 0.6) is 0 Å². The molecular formula is C20H41NO10P2S. The van der Waals surface area contributed by atoms with Crippen LogP contribution < -0.4 is 5.09 Å². The van der Waals surface area contributed by atoms with Crippen LogP contribution in [0.3, 0.4) is 0 Å². The maximum absolute atomic E-state index is 13.5. The molecule has 0 saturated heterocycles. The van der Waals surface area contributed by atoms with Crippen LogP contribution in [0.4, 0.5) is 0 Å². The van der Waals surface area contributed by atoms with Gasteiger partial charge in [0.2, 0.25) is 0 Å². The summed E-state index contributed by atoms with van der Waals surface area (Å²) < 4.78 is 84.5. The highest BCUT2D eigenvalue weighted by Gasteiger charge is 2.46. The lowest BCUT2D eigenvalue weighted by molar-refractivity contribution is -0.0330. The molecule has 1 aliphatic carbocycles. The van der Waals surface area contributed by atoms with Gasteiger partial charge in [0.05, 0.1) is 50.9 Å². The monoisotopic (exact) mass is 549 g/mol. The molecule has 0 aromatic heterocycles. The summed E-state index contributed by atoms with van der Waals surface area (Å²) in [6, 6.07) is -0.959. The first-order chi connectivity index (χ1) is 15.9. The van der Waals surface area contributed by atoms with Crippen LogP contribution in [0.25, 0.3) is 0 Å². The standard InChI is InChI=1S/C20H41NO10P2S/c1-8-16(9-2)30-18-14-17(32(22,26-10-3)27-11-4)15-19(31-34(7,24)25)20(18)21-33(23,28-12-5)29-13-6/h14,16,18-20H,8-13,15H2,1-7H3,(H,21,23)/t18-,19-,20+/m1/s1. The van der Waals surface area contributed by atoms with Gasteiger partial charge in [-0.05, 0) is 46.6 Å². The smallest absolute Gasteiger partial charge is 0.369 e. The van der Waals surface area contributed by atoms with Crippen LogP contribution in [0, 0.1) is 0 Å². The van der Waals surface area contributed by atoms with Gasteiger partial charge in [-0.25, -0.2) is 9.65 Å². The van der Waals surface area contributed by atoms with Crippen molar-refractivity contribution in [1.29, 1.82) is 0 Å². The molecule has 1 N–H and O–H groups in total. The van der Waals surface area contributed by atoms with Crippen LogP contribution in [-0.2, 0) is 46.3 Å². The molecule has 0 amide bonds. The van der Waals surface area contributed by atoms with Gasteiger partial charge in [0.15, 0.2) is 0 Å². The third-order valence-corrected chi connectivity index (χ3v) is 9.57. The van der Waals surface area contributed by atoms with E-state index in [1.54, 1.807) is 33.8 Å². The quantitative estimate of drug-likeness (QED) is 0.201. The highest BCUT2D eigenvalue weighted by atomic mass is 32.2. The van der Waals surface area contributed by atoms with Crippen molar-refractivity contribution in [3.8, 4) is 0 Å². The summed E-state index contributed by atoms with van der Waals surface area (Å²) in [5.41, 5.74) is 0. The van der Waals surface area contributed by atoms with E-state index < -0.39 is 43.7 Å². The first-order valence-electron chi connectivity index (χ1n) is 11.7. The molecule has 0 fully saturated rings. The van der Waals surface area contributed by atoms with E-state index in [4.69, 9.17) is 27.0 Å². The summed E-state index contributed by atoms with van der Waals surface area (Å²) in [6.45, 7) is 11.0. The lowest BCUT2D eigenvalue weighted by atomic mass is 9.96. The SMILES string of the molecule is CCOP(=O)(N[C@H]1[C@H](OC(CC)CC)C=C(P(=O)(OCC)OCC)C[C@H]1OS(C)(=O)=O)OCC. The molecule has 0 heterocycles. The topological polar surface area (TPSA) is 136 Å². The fourth-order valence-corrected chi connectivity index (χ4v) is 7.63. The zero-order valence-corrected chi connectivity index (χ0v) is 23.8. The second-order valence-electron chi connectivity index (χ2n) is 7.56. The maximum atomic E-state index is 13.5. The van der Waals surface area contributed by atoms with Crippen LogP contribution in [-0.4, -0.2) is 65.5 Å². The Balaban J connectivity index is 3.62. The Morgan fingerprint density at radius 2 is 1.44 bits per heavy atom. The zero-order chi connectivity index (χ0) is 26.0. The maximum Gasteiger partial charge on any atom is 0.405 e. The molecule has 34 heavy (non-hydrogen) atoms. The molecule has 1 aliphatic rings. The molecule has 0 saturated carbocycles. The van der Waals surface area contributed by atoms with Gasteiger partial charge in [-0.2, -0.15) is 8.42 Å². The Bertz CT molecular complexity index is 826. The van der Waals surface area contributed by atoms with Gasteiger partial charge in [-0.1, -0.05) is 13.8 Å². The molecule has 0 aromatic carbocycles. The van der Waals surface area contributed by atoms with Crippen molar-refractivity contribution in [1.82, 2.24) is 5.09 Å². The molecule has 1 rings (SSSR count). The fraction of sp³-hybridized carbons (Fsp3) is 0.900. The number of nitrogens with one attached hydrogen (secondary N) is 1. The third-order valence-electron chi connectivity index (χ3n) is 4.94. The van der Waals surface area contributed by atoms with E-state index in [0.29, 0.717) is 12.8 Å². The average molecular weight is 550 g/mol. The van der Waals surface area contributed by atoms with Gasteiger partial charge in [-0.15, -0.1) is 0 Å². The van der Waals surface area contributed by atoms with Gasteiger partial charge in [0.25, 0.3) is 10.1 Å². The predicted molar refractivity (Wildman–Crippen MR) is 130 cm³/mol. The van der Waals surface area contributed by atoms with E-state index in [9.17, 15) is 17.5 Å². The molecular weight excluding hydrogens is 508 g/mol. The number of hydrogen-bond acceptors (Lipinski definition) is 10. The van der Waals surface area contributed by atoms with Gasteiger partial charge in [0, 0.05) is 11.7 Å². The molecule has 202 valence electrons. The van der Waals surface area contributed by atoms with E-state index in [2.05, 4.69) is 5.09 Å². The van der Waals surface area contributed by atoms with Crippen molar-refractivity contribution in [2.45, 2.75) is 85.2 Å². The molecule has 0 spiro atoms. The van der Waals surface area contributed by atoms with E-state index in [0.717, 1.165) is 6.26 Å². The molecule has 14 heteroatoms. The Kier molecular flexibility index (Phi) is 13.7. The molecule has 11 nitrogen and oxygen atoms in total. The normalized spacial score (nSPS) is 22.2. The minimum Gasteiger partial charge on any atom is -0.369 e. The molecule has 0 aliphatic heterocycles. The summed E-state index contributed by atoms with van der Waals surface area (Å²) in [5, 5.41) is 3.06. The summed E-state index contributed by atoms with van der Waals surface area (Å²) in [7, 11) is -11.5.